The zero-order valence-electron chi connectivity index (χ0n) is 88.3. The van der Waals surface area contributed by atoms with E-state index in [2.05, 4.69) is 63.8 Å². The van der Waals surface area contributed by atoms with Gasteiger partial charge in [-0.05, 0) is 115 Å². The van der Waals surface area contributed by atoms with Crippen molar-refractivity contribution in [2.75, 3.05) is 329 Å². The minimum Gasteiger partial charge on any atom is -0.447 e. The predicted octanol–water partition coefficient (Wildman–Crippen LogP) is 2.98. The summed E-state index contributed by atoms with van der Waals surface area (Å²) in [6, 6.07) is 0. The topological polar surface area (TPSA) is 622 Å². The molecule has 0 aromatic rings. The summed E-state index contributed by atoms with van der Waals surface area (Å²) in [6.45, 7) is 21.9. The van der Waals surface area contributed by atoms with E-state index in [0.29, 0.717) is 26.4 Å². The molecule has 12 N–H and O–H groups in total. The molecule has 16 amide bonds. The molecule has 0 saturated carbocycles. The summed E-state index contributed by atoms with van der Waals surface area (Å²) in [7, 11) is 0. The Balaban J connectivity index is 8.45. The van der Waals surface area contributed by atoms with Crippen LogP contribution in [0.2, 0.25) is 0 Å². The number of alkyl carbamates (subject to hydrolysis) is 12. The lowest BCUT2D eigenvalue weighted by atomic mass is 10.2. The molecular weight excluding hydrogens is 1920 g/mol. The number of amides is 16. The molecule has 0 spiro atoms. The molecule has 0 rings (SSSR count). The molecule has 0 saturated heterocycles. The Bertz CT molecular complexity index is 3200. The van der Waals surface area contributed by atoms with Gasteiger partial charge in [-0.3, -0.25) is 29.0 Å². The number of hydrogen-bond acceptors (Lipinski definition) is 38. The van der Waals surface area contributed by atoms with Crippen LogP contribution in [-0.2, 0) is 114 Å². The van der Waals surface area contributed by atoms with Crippen LogP contribution in [0.4, 0.5) is 57.5 Å². The zero-order chi connectivity index (χ0) is 108. The Morgan fingerprint density at radius 2 is 0.324 bits per heavy atom. The molecule has 145 heavy (non-hydrogen) atoms. The molecule has 0 aromatic carbocycles. The fourth-order valence-electron chi connectivity index (χ4n) is 11.4. The highest BCUT2D eigenvalue weighted by Gasteiger charge is 2.29. The second-order valence-electron chi connectivity index (χ2n) is 35.4. The number of carbonyl (C=O) groups is 16. The van der Waals surface area contributed by atoms with Gasteiger partial charge in [0.2, 0.25) is 23.6 Å². The van der Waals surface area contributed by atoms with Crippen molar-refractivity contribution in [1.29, 1.82) is 0 Å². The standard InChI is InChI=1S/C91H170N18O36/c1-17-44-126-52-60-134-76(114)92-22-36-106(37-23-93-77(115)135-61-53-127-45-18-2)72(110)68-104(69-73(111)107(38-24-94-78(116)136-62-54-128-46-19-3)39-25-95-79(117)137-63-55-129-47-20-4)34-21-35-105(70-74(112)108(40-26-96-80(118)138-64-56-130-48-30-100-84(122)142-88(5,6)7)41-27-97-81(119)139-65-57-131-49-31-101-85(123)143-89(8,9)10)71-75(113)109(42-28-98-82(120)140-66-58-132-50-32-102-86(124)144-90(11,12)13)43-29-99-83(121)141-67-59-133-51-33-103-87(125)145-91(14,15)16/h17-71H2,1-16H3,(H,92,114)(H,93,115)(H,94,116)(H,95,117)(H,96,118)(H,97,119)(H,98,120)(H,99,121)(H,100,122)(H,101,123)(H,102,124)(H,103,125). The predicted molar refractivity (Wildman–Crippen MR) is 523 cm³/mol. The SMILES string of the molecule is CCCOCCOC(=O)NCCN(CCNC(=O)OCCOCCC)C(=O)CN(CCCN(CC(=O)N(CCNC(=O)OCCOCCNC(=O)OC(C)(C)C)CCNC(=O)OCCOCCNC(=O)OC(C)(C)C)CC(=O)N(CCNC(=O)OCCOCCNC(=O)OC(C)(C)C)CCNC(=O)OCCOCCNC(=O)OC(C)(C)C)CC(=O)N(CCNC(=O)OCCOCCC)CCNC(=O)OCCOCCC. The molecule has 0 aliphatic heterocycles. The molecular formula is C91H170N18O36. The monoisotopic (exact) mass is 2090 g/mol. The van der Waals surface area contributed by atoms with Gasteiger partial charge < -0.3 is 178 Å². The van der Waals surface area contributed by atoms with Gasteiger partial charge in [0.1, 0.15) is 75.3 Å². The molecule has 0 radical (unpaired) electrons. The van der Waals surface area contributed by atoms with E-state index in [1.807, 2.05) is 27.7 Å². The van der Waals surface area contributed by atoms with E-state index < -0.39 is 145 Å². The lowest BCUT2D eigenvalue weighted by Gasteiger charge is -2.32. The van der Waals surface area contributed by atoms with Gasteiger partial charge in [0, 0.05) is 170 Å². The summed E-state index contributed by atoms with van der Waals surface area (Å²) in [6.07, 6.45) is -7.02. The van der Waals surface area contributed by atoms with E-state index >= 15 is 19.2 Å². The van der Waals surface area contributed by atoms with Crippen molar-refractivity contribution in [2.24, 2.45) is 0 Å². The van der Waals surface area contributed by atoms with Crippen LogP contribution in [0.25, 0.3) is 0 Å². The largest absolute Gasteiger partial charge is 0.447 e. The molecule has 840 valence electrons. The van der Waals surface area contributed by atoms with Crippen LogP contribution in [-0.4, -0.2) is 477 Å². The third-order valence-electron chi connectivity index (χ3n) is 17.7. The maximum atomic E-state index is 15.4. The smallest absolute Gasteiger partial charge is 0.407 e. The zero-order valence-corrected chi connectivity index (χ0v) is 88.3. The summed E-state index contributed by atoms with van der Waals surface area (Å²) in [5, 5.41) is 30.9. The average Bonchev–Trinajstić information content (AvgIpc) is 0.876. The average molecular weight is 2090 g/mol. The Kier molecular flexibility index (Phi) is 77.3. The number of carbonyl (C=O) groups excluding carboxylic acids is 16. The highest BCUT2D eigenvalue weighted by Crippen LogP contribution is 2.12. The third-order valence-corrected chi connectivity index (χ3v) is 17.7. The molecule has 0 atom stereocenters. The van der Waals surface area contributed by atoms with Gasteiger partial charge in [-0.1, -0.05) is 27.7 Å². The molecule has 0 heterocycles. The first kappa shape index (κ1) is 134. The highest BCUT2D eigenvalue weighted by atomic mass is 16.6. The Hall–Kier alpha value is -11.3. The summed E-state index contributed by atoms with van der Waals surface area (Å²) in [5.41, 5.74) is -2.98. The summed E-state index contributed by atoms with van der Waals surface area (Å²) < 4.78 is 107. The second-order valence-corrected chi connectivity index (χ2v) is 35.4. The molecule has 0 unspecified atom stereocenters. The van der Waals surface area contributed by atoms with Gasteiger partial charge in [0.05, 0.1) is 105 Å². The van der Waals surface area contributed by atoms with Crippen molar-refractivity contribution in [2.45, 2.75) is 165 Å². The van der Waals surface area contributed by atoms with Crippen molar-refractivity contribution in [3.63, 3.8) is 0 Å². The van der Waals surface area contributed by atoms with E-state index in [-0.39, 0.29) is 283 Å². The summed E-state index contributed by atoms with van der Waals surface area (Å²) in [5.74, 6) is -2.80. The lowest BCUT2D eigenvalue weighted by Crippen LogP contribution is -2.51. The minimum atomic E-state index is -0.938. The van der Waals surface area contributed by atoms with Crippen molar-refractivity contribution in [3.05, 3.63) is 0 Å². The number of nitrogens with zero attached hydrogens (tertiary/aromatic N) is 6. The minimum absolute atomic E-state index is 0.0282. The summed E-state index contributed by atoms with van der Waals surface area (Å²) in [4.78, 5) is 223. The van der Waals surface area contributed by atoms with Crippen LogP contribution < -0.4 is 63.8 Å². The second kappa shape index (κ2) is 83.8. The van der Waals surface area contributed by atoms with E-state index in [1.165, 1.54) is 29.4 Å². The van der Waals surface area contributed by atoms with Crippen LogP contribution in [0.3, 0.4) is 0 Å². The molecule has 0 aliphatic rings. The van der Waals surface area contributed by atoms with Crippen LogP contribution in [0.15, 0.2) is 0 Å². The highest BCUT2D eigenvalue weighted by molar-refractivity contribution is 5.83. The van der Waals surface area contributed by atoms with Crippen molar-refractivity contribution in [1.82, 2.24) is 93.2 Å². The third kappa shape index (κ3) is 85.7. The maximum absolute atomic E-state index is 15.4. The van der Waals surface area contributed by atoms with Gasteiger partial charge >= 0.3 is 73.1 Å². The van der Waals surface area contributed by atoms with Gasteiger partial charge in [-0.2, -0.15) is 0 Å². The van der Waals surface area contributed by atoms with E-state index in [1.54, 1.807) is 83.1 Å². The van der Waals surface area contributed by atoms with E-state index in [4.69, 9.17) is 94.7 Å². The number of ether oxygens (including phenoxy) is 20. The fourth-order valence-corrected chi connectivity index (χ4v) is 11.4. The number of hydrogen-bond donors (Lipinski definition) is 12. The number of rotatable bonds is 80. The van der Waals surface area contributed by atoms with Gasteiger partial charge in [0.25, 0.3) is 0 Å². The Morgan fingerprint density at radius 3 is 0.469 bits per heavy atom. The Labute approximate surface area is 852 Å². The first-order valence-electron chi connectivity index (χ1n) is 49.3. The van der Waals surface area contributed by atoms with Crippen molar-refractivity contribution < 1.29 is 171 Å². The van der Waals surface area contributed by atoms with Crippen LogP contribution >= 0.6 is 0 Å². The lowest BCUT2D eigenvalue weighted by molar-refractivity contribution is -0.136. The van der Waals surface area contributed by atoms with Crippen molar-refractivity contribution >= 4 is 96.7 Å². The quantitative estimate of drug-likeness (QED) is 0.0307. The normalized spacial score (nSPS) is 11.3. The number of nitrogens with one attached hydrogen (secondary N) is 12. The summed E-state index contributed by atoms with van der Waals surface area (Å²) >= 11 is 0. The van der Waals surface area contributed by atoms with E-state index in [0.717, 1.165) is 25.7 Å². The van der Waals surface area contributed by atoms with Crippen LogP contribution in [0.5, 0.6) is 0 Å². The molecule has 0 bridgehead atoms. The molecule has 54 heteroatoms. The van der Waals surface area contributed by atoms with Gasteiger partial charge in [-0.15, -0.1) is 0 Å². The van der Waals surface area contributed by atoms with E-state index in [9.17, 15) is 57.5 Å². The first-order valence-corrected chi connectivity index (χ1v) is 49.3. The molecule has 0 fully saturated rings. The maximum Gasteiger partial charge on any atom is 0.407 e. The molecule has 54 nitrogen and oxygen atoms in total. The Morgan fingerprint density at radius 1 is 0.179 bits per heavy atom. The van der Waals surface area contributed by atoms with Crippen LogP contribution in [0, 0.1) is 0 Å². The van der Waals surface area contributed by atoms with Gasteiger partial charge in [0.15, 0.2) is 0 Å². The van der Waals surface area contributed by atoms with Gasteiger partial charge in [-0.25, -0.2) is 57.5 Å². The fraction of sp³-hybridized carbons (Fsp3) is 0.824. The van der Waals surface area contributed by atoms with Crippen LogP contribution in [0.1, 0.15) is 143 Å². The van der Waals surface area contributed by atoms with Crippen molar-refractivity contribution in [3.8, 4) is 0 Å². The molecule has 0 aromatic heterocycles. The first-order chi connectivity index (χ1) is 69.0. The molecule has 0 aliphatic carbocycles.